The van der Waals surface area contributed by atoms with E-state index in [-0.39, 0.29) is 5.91 Å². The number of esters is 1. The van der Waals surface area contributed by atoms with Crippen molar-refractivity contribution in [3.8, 4) is 5.00 Å². The van der Waals surface area contributed by atoms with Crippen LogP contribution in [-0.2, 0) is 4.74 Å². The van der Waals surface area contributed by atoms with Gasteiger partial charge in [-0.2, -0.15) is 4.68 Å². The molecule has 28 heavy (non-hydrogen) atoms. The van der Waals surface area contributed by atoms with Crippen LogP contribution in [0.2, 0.25) is 0 Å². The molecule has 142 valence electrons. The Bertz CT molecular complexity index is 1200. The fraction of sp³-hybridized carbons (Fsp3) is 0.176. The fourth-order valence-electron chi connectivity index (χ4n) is 2.67. The van der Waals surface area contributed by atoms with E-state index < -0.39 is 5.97 Å². The highest BCUT2D eigenvalue weighted by Crippen LogP contribution is 2.32. The molecule has 3 heterocycles. The zero-order valence-electron chi connectivity index (χ0n) is 15.1. The molecule has 11 heteroatoms. The lowest BCUT2D eigenvalue weighted by Crippen LogP contribution is -2.14. The number of anilines is 1. The molecular weight excluding hydrogens is 400 g/mol. The van der Waals surface area contributed by atoms with Crippen molar-refractivity contribution in [1.29, 1.82) is 0 Å². The summed E-state index contributed by atoms with van der Waals surface area (Å²) in [7, 11) is 1.33. The summed E-state index contributed by atoms with van der Waals surface area (Å²) in [6.45, 7) is 3.83. The van der Waals surface area contributed by atoms with Gasteiger partial charge >= 0.3 is 5.97 Å². The molecule has 1 amide bonds. The highest BCUT2D eigenvalue weighted by Gasteiger charge is 2.22. The molecule has 0 saturated carbocycles. The first kappa shape index (κ1) is 18.2. The lowest BCUT2D eigenvalue weighted by molar-refractivity contribution is 0.0601. The number of hydrogen-bond acceptors (Lipinski definition) is 9. The summed E-state index contributed by atoms with van der Waals surface area (Å²) < 4.78 is 6.98. The average molecular weight is 414 g/mol. The van der Waals surface area contributed by atoms with Crippen LogP contribution in [0.3, 0.4) is 0 Å². The van der Waals surface area contributed by atoms with Gasteiger partial charge in [-0.15, -0.1) is 16.4 Å². The molecule has 1 aromatic carbocycles. The largest absolute Gasteiger partial charge is 0.465 e. The van der Waals surface area contributed by atoms with Crippen molar-refractivity contribution >= 4 is 49.9 Å². The molecule has 0 aliphatic heterocycles. The Morgan fingerprint density at radius 2 is 2.04 bits per heavy atom. The summed E-state index contributed by atoms with van der Waals surface area (Å²) in [5.74, 6) is -0.712. The minimum Gasteiger partial charge on any atom is -0.465 e. The number of rotatable bonds is 4. The molecule has 1 N–H and O–H groups in total. The number of amides is 1. The predicted molar refractivity (Wildman–Crippen MR) is 105 cm³/mol. The molecule has 0 radical (unpaired) electrons. The smallest absolute Gasteiger partial charge is 0.337 e. The Morgan fingerprint density at radius 3 is 2.75 bits per heavy atom. The van der Waals surface area contributed by atoms with Crippen LogP contribution in [0.15, 0.2) is 24.5 Å². The van der Waals surface area contributed by atoms with Crippen LogP contribution in [0.1, 0.15) is 31.2 Å². The van der Waals surface area contributed by atoms with E-state index in [0.29, 0.717) is 26.8 Å². The van der Waals surface area contributed by atoms with E-state index in [9.17, 15) is 9.59 Å². The number of tetrazole rings is 1. The van der Waals surface area contributed by atoms with E-state index in [2.05, 4.69) is 25.8 Å². The number of methoxy groups -OCH3 is 1. The van der Waals surface area contributed by atoms with Gasteiger partial charge in [0, 0.05) is 4.88 Å². The van der Waals surface area contributed by atoms with E-state index >= 15 is 0 Å². The van der Waals surface area contributed by atoms with Gasteiger partial charge in [0.15, 0.2) is 5.13 Å². The van der Waals surface area contributed by atoms with Crippen molar-refractivity contribution in [2.45, 2.75) is 13.8 Å². The van der Waals surface area contributed by atoms with E-state index in [4.69, 9.17) is 4.74 Å². The van der Waals surface area contributed by atoms with Crippen LogP contribution in [0.25, 0.3) is 15.2 Å². The maximum Gasteiger partial charge on any atom is 0.337 e. The van der Waals surface area contributed by atoms with Crippen molar-refractivity contribution in [3.05, 3.63) is 46.1 Å². The Kier molecular flexibility index (Phi) is 4.61. The monoisotopic (exact) mass is 414 g/mol. The lowest BCUT2D eigenvalue weighted by Gasteiger charge is -2.04. The number of fused-ring (bicyclic) bond motifs is 1. The van der Waals surface area contributed by atoms with E-state index in [0.717, 1.165) is 15.1 Å². The first-order valence-electron chi connectivity index (χ1n) is 8.11. The molecule has 4 aromatic rings. The van der Waals surface area contributed by atoms with Crippen molar-refractivity contribution in [2.75, 3.05) is 12.4 Å². The third-order valence-corrected chi connectivity index (χ3v) is 6.31. The molecule has 0 fully saturated rings. The topological polar surface area (TPSA) is 112 Å². The molecule has 0 bridgehead atoms. The van der Waals surface area contributed by atoms with E-state index in [1.54, 1.807) is 18.2 Å². The first-order valence-corrected chi connectivity index (χ1v) is 9.75. The van der Waals surface area contributed by atoms with Gasteiger partial charge in [0.1, 0.15) is 11.3 Å². The molecule has 3 aromatic heterocycles. The highest BCUT2D eigenvalue weighted by atomic mass is 32.1. The van der Waals surface area contributed by atoms with Crippen molar-refractivity contribution in [1.82, 2.24) is 25.2 Å². The number of carbonyl (C=O) groups excluding carboxylic acids is 2. The van der Waals surface area contributed by atoms with Gasteiger partial charge in [-0.25, -0.2) is 9.78 Å². The summed E-state index contributed by atoms with van der Waals surface area (Å²) >= 11 is 2.73. The number of nitrogens with one attached hydrogen (secondary N) is 1. The SMILES string of the molecule is COC(=O)c1ccc2nc(NC(=O)c3c(-n4cnnn4)sc(C)c3C)sc2c1. The summed E-state index contributed by atoms with van der Waals surface area (Å²) in [6.07, 6.45) is 1.45. The second-order valence-corrected chi connectivity index (χ2v) is 8.10. The number of thiazole rings is 1. The second-order valence-electron chi connectivity index (χ2n) is 5.87. The van der Waals surface area contributed by atoms with Crippen LogP contribution < -0.4 is 5.32 Å². The molecule has 0 saturated heterocycles. The zero-order valence-corrected chi connectivity index (χ0v) is 16.7. The molecule has 0 aliphatic carbocycles. The second kappa shape index (κ2) is 7.09. The number of benzene rings is 1. The van der Waals surface area contributed by atoms with E-state index in [1.165, 1.54) is 40.8 Å². The molecule has 9 nitrogen and oxygen atoms in total. The number of aromatic nitrogens is 5. The Balaban J connectivity index is 1.67. The minimum atomic E-state index is -0.420. The van der Waals surface area contributed by atoms with Crippen molar-refractivity contribution in [2.24, 2.45) is 0 Å². The van der Waals surface area contributed by atoms with Crippen LogP contribution in [0, 0.1) is 13.8 Å². The molecule has 0 unspecified atom stereocenters. The van der Waals surface area contributed by atoms with Crippen LogP contribution in [0.5, 0.6) is 0 Å². The third-order valence-electron chi connectivity index (χ3n) is 4.18. The summed E-state index contributed by atoms with van der Waals surface area (Å²) in [6, 6.07) is 5.06. The van der Waals surface area contributed by atoms with Crippen LogP contribution >= 0.6 is 22.7 Å². The number of carbonyl (C=O) groups is 2. The van der Waals surface area contributed by atoms with Gasteiger partial charge in [-0.3, -0.25) is 10.1 Å². The quantitative estimate of drug-likeness (QED) is 0.511. The molecule has 0 spiro atoms. The lowest BCUT2D eigenvalue weighted by atomic mass is 10.1. The standard InChI is InChI=1S/C17H14N6O3S2/c1-8-9(2)27-15(23-7-18-21-22-23)13(8)14(24)20-17-19-11-5-4-10(16(25)26-3)6-12(11)28-17/h4-7H,1-3H3,(H,19,20,24). The van der Waals surface area contributed by atoms with Crippen molar-refractivity contribution < 1.29 is 14.3 Å². The van der Waals surface area contributed by atoms with Gasteiger partial charge in [0.2, 0.25) is 0 Å². The Hall–Kier alpha value is -3.18. The van der Waals surface area contributed by atoms with Gasteiger partial charge in [0.25, 0.3) is 5.91 Å². The van der Waals surface area contributed by atoms with Crippen LogP contribution in [-0.4, -0.2) is 44.2 Å². The summed E-state index contributed by atoms with van der Waals surface area (Å²) in [5, 5.41) is 15.1. The maximum atomic E-state index is 13.0. The van der Waals surface area contributed by atoms with Crippen molar-refractivity contribution in [3.63, 3.8) is 0 Å². The minimum absolute atomic E-state index is 0.292. The number of nitrogens with zero attached hydrogens (tertiary/aromatic N) is 5. The van der Waals surface area contributed by atoms with Gasteiger partial charge in [-0.1, -0.05) is 11.3 Å². The Morgan fingerprint density at radius 1 is 1.21 bits per heavy atom. The van der Waals surface area contributed by atoms with Crippen LogP contribution in [0.4, 0.5) is 5.13 Å². The van der Waals surface area contributed by atoms with Gasteiger partial charge < -0.3 is 4.74 Å². The molecular formula is C17H14N6O3S2. The van der Waals surface area contributed by atoms with Gasteiger partial charge in [-0.05, 0) is 48.0 Å². The number of hydrogen-bond donors (Lipinski definition) is 1. The maximum absolute atomic E-state index is 13.0. The average Bonchev–Trinajstić information content (AvgIpc) is 3.40. The fourth-order valence-corrected chi connectivity index (χ4v) is 4.65. The van der Waals surface area contributed by atoms with Gasteiger partial charge in [0.05, 0.1) is 28.5 Å². The normalized spacial score (nSPS) is 11.0. The molecule has 4 rings (SSSR count). The number of thiophene rings is 1. The molecule has 0 atom stereocenters. The predicted octanol–water partition coefficient (Wildman–Crippen LogP) is 2.99. The summed E-state index contributed by atoms with van der Waals surface area (Å²) in [4.78, 5) is 30.1. The third kappa shape index (κ3) is 3.14. The van der Waals surface area contributed by atoms with E-state index in [1.807, 2.05) is 13.8 Å². The Labute approximate surface area is 167 Å². The number of ether oxygens (including phenoxy) is 1. The first-order chi connectivity index (χ1) is 13.5. The number of aryl methyl sites for hydroxylation is 1. The zero-order chi connectivity index (χ0) is 19.8. The molecule has 0 aliphatic rings. The highest BCUT2D eigenvalue weighted by molar-refractivity contribution is 7.22. The summed E-state index contributed by atoms with van der Waals surface area (Å²) in [5.41, 5.74) is 2.49.